The molecule has 1 unspecified atom stereocenters. The highest BCUT2D eigenvalue weighted by Crippen LogP contribution is 2.47. The minimum Gasteiger partial charge on any atom is -0.493 e. The average molecular weight is 570 g/mol. The van der Waals surface area contributed by atoms with Crippen LogP contribution in [0.4, 0.5) is 0 Å². The smallest absolute Gasteiger partial charge is 0.308 e. The molecule has 11 nitrogen and oxygen atoms in total. The van der Waals surface area contributed by atoms with Gasteiger partial charge >= 0.3 is 5.97 Å². The number of ether oxygens (including phenoxy) is 3. The zero-order valence-electron chi connectivity index (χ0n) is 24.6. The summed E-state index contributed by atoms with van der Waals surface area (Å²) in [4.78, 5) is 41.1. The lowest BCUT2D eigenvalue weighted by atomic mass is 9.83. The normalized spacial score (nSPS) is 20.0. The van der Waals surface area contributed by atoms with Gasteiger partial charge in [-0.2, -0.15) is 0 Å². The number of fused-ring (bicyclic) bond motifs is 1. The van der Waals surface area contributed by atoms with Gasteiger partial charge in [0.2, 0.25) is 18.4 Å². The molecule has 224 valence electrons. The van der Waals surface area contributed by atoms with Crippen LogP contribution in [0.1, 0.15) is 49.8 Å². The molecule has 2 aliphatic rings. The summed E-state index contributed by atoms with van der Waals surface area (Å²) in [6.45, 7) is 5.09. The van der Waals surface area contributed by atoms with E-state index in [-0.39, 0.29) is 31.2 Å². The number of aliphatic carboxylic acids is 1. The topological polar surface area (TPSA) is 118 Å². The van der Waals surface area contributed by atoms with E-state index in [9.17, 15) is 14.7 Å². The van der Waals surface area contributed by atoms with Crippen LogP contribution in [0.3, 0.4) is 0 Å². The Bertz CT molecular complexity index is 1160. The van der Waals surface area contributed by atoms with Gasteiger partial charge in [0.05, 0.1) is 19.6 Å². The highest BCUT2D eigenvalue weighted by Gasteiger charge is 2.47. The van der Waals surface area contributed by atoms with E-state index in [2.05, 4.69) is 26.7 Å². The van der Waals surface area contributed by atoms with Crippen molar-refractivity contribution >= 4 is 11.9 Å². The zero-order valence-corrected chi connectivity index (χ0v) is 24.6. The minimum absolute atomic E-state index is 0.0392. The summed E-state index contributed by atoms with van der Waals surface area (Å²) >= 11 is 0. The second kappa shape index (κ2) is 14.5. The van der Waals surface area contributed by atoms with Crippen molar-refractivity contribution in [3.05, 3.63) is 42.0 Å². The molecule has 0 saturated carbocycles. The molecule has 0 aliphatic carbocycles. The molecule has 0 spiro atoms. The SMILES string of the molecule is CCCCN(CCCN(C)C)C(=O)CN1C[C@H](c2cc(OC)c3c(c2)OCO3)C(C(=O)O)[C@@H]1CCc1ccncn1. The lowest BCUT2D eigenvalue weighted by Gasteiger charge is -2.30. The van der Waals surface area contributed by atoms with Gasteiger partial charge in [-0.15, -0.1) is 0 Å². The molecular formula is C30H43N5O6. The monoisotopic (exact) mass is 569 g/mol. The fourth-order valence-electron chi connectivity index (χ4n) is 5.88. The molecule has 1 amide bonds. The summed E-state index contributed by atoms with van der Waals surface area (Å²) in [5.74, 6) is -0.359. The quantitative estimate of drug-likeness (QED) is 0.343. The van der Waals surface area contributed by atoms with Crippen molar-refractivity contribution in [1.82, 2.24) is 24.7 Å². The summed E-state index contributed by atoms with van der Waals surface area (Å²) in [5, 5.41) is 10.5. The lowest BCUT2D eigenvalue weighted by molar-refractivity contribution is -0.143. The number of hydrogen-bond acceptors (Lipinski definition) is 9. The van der Waals surface area contributed by atoms with Gasteiger partial charge in [-0.25, -0.2) is 9.97 Å². The molecule has 4 rings (SSSR count). The first-order valence-electron chi connectivity index (χ1n) is 14.4. The molecule has 1 N–H and O–H groups in total. The number of benzene rings is 1. The van der Waals surface area contributed by atoms with Crippen LogP contribution in [0.5, 0.6) is 17.2 Å². The van der Waals surface area contributed by atoms with E-state index in [1.807, 2.05) is 37.2 Å². The Morgan fingerprint density at radius 2 is 1.98 bits per heavy atom. The molecule has 0 bridgehead atoms. The molecule has 3 heterocycles. The molecule has 11 heteroatoms. The Kier molecular flexibility index (Phi) is 10.8. The van der Waals surface area contributed by atoms with Gasteiger partial charge < -0.3 is 29.1 Å². The summed E-state index contributed by atoms with van der Waals surface area (Å²) in [6.07, 6.45) is 7.14. The van der Waals surface area contributed by atoms with Crippen LogP contribution in [0, 0.1) is 5.92 Å². The highest BCUT2D eigenvalue weighted by atomic mass is 16.7. The van der Waals surface area contributed by atoms with Crippen LogP contribution in [-0.2, 0) is 16.0 Å². The van der Waals surface area contributed by atoms with Crippen LogP contribution in [0.15, 0.2) is 30.7 Å². The summed E-state index contributed by atoms with van der Waals surface area (Å²) in [6, 6.07) is 5.18. The summed E-state index contributed by atoms with van der Waals surface area (Å²) in [5.41, 5.74) is 1.64. The van der Waals surface area contributed by atoms with Crippen molar-refractivity contribution in [3.8, 4) is 17.2 Å². The van der Waals surface area contributed by atoms with E-state index in [1.54, 1.807) is 13.3 Å². The number of unbranched alkanes of at least 4 members (excludes halogenated alkanes) is 1. The Balaban J connectivity index is 1.61. The predicted octanol–water partition coefficient (Wildman–Crippen LogP) is 2.90. The third-order valence-corrected chi connectivity index (χ3v) is 7.99. The Morgan fingerprint density at radius 3 is 2.66 bits per heavy atom. The third kappa shape index (κ3) is 7.65. The van der Waals surface area contributed by atoms with Crippen molar-refractivity contribution in [2.45, 2.75) is 51.0 Å². The molecule has 3 atom stereocenters. The van der Waals surface area contributed by atoms with Crippen LogP contribution >= 0.6 is 0 Å². The number of hydrogen-bond donors (Lipinski definition) is 1. The third-order valence-electron chi connectivity index (χ3n) is 7.99. The van der Waals surface area contributed by atoms with Gasteiger partial charge in [0.1, 0.15) is 6.33 Å². The molecule has 2 aliphatic heterocycles. The predicted molar refractivity (Wildman–Crippen MR) is 153 cm³/mol. The number of nitrogens with zero attached hydrogens (tertiary/aromatic N) is 5. The van der Waals surface area contributed by atoms with E-state index < -0.39 is 11.9 Å². The van der Waals surface area contributed by atoms with E-state index in [4.69, 9.17) is 14.2 Å². The number of carbonyl (C=O) groups excluding carboxylic acids is 1. The highest BCUT2D eigenvalue weighted by molar-refractivity contribution is 5.79. The van der Waals surface area contributed by atoms with Crippen molar-refractivity contribution in [3.63, 3.8) is 0 Å². The van der Waals surface area contributed by atoms with Crippen LogP contribution in [0.2, 0.25) is 0 Å². The lowest BCUT2D eigenvalue weighted by Crippen LogP contribution is -2.45. The number of rotatable bonds is 15. The van der Waals surface area contributed by atoms with E-state index >= 15 is 0 Å². The standard InChI is InChI=1S/C30H43N5O6/c1-5-6-13-34(14-7-12-33(2)3)27(36)18-35-17-23(21-15-25(39-4)29-26(16-21)40-20-41-29)28(30(37)38)24(35)9-8-22-10-11-31-19-32-22/h10-11,15-16,19,23-24,28H,5-9,12-14,17-18,20H2,1-4H3,(H,37,38)/t23-,24+,28?/m1/s1. The molecule has 1 saturated heterocycles. The van der Waals surface area contributed by atoms with Crippen LogP contribution in [-0.4, -0.2) is 108 Å². The van der Waals surface area contributed by atoms with Gasteiger partial charge in [-0.05, 0) is 70.1 Å². The van der Waals surface area contributed by atoms with E-state index in [0.29, 0.717) is 49.7 Å². The number of aryl methyl sites for hydroxylation is 1. The van der Waals surface area contributed by atoms with Gasteiger partial charge in [-0.1, -0.05) is 13.3 Å². The first-order chi connectivity index (χ1) is 19.8. The first-order valence-corrected chi connectivity index (χ1v) is 14.4. The van der Waals surface area contributed by atoms with E-state index in [0.717, 1.165) is 37.1 Å². The molecule has 0 radical (unpaired) electrons. The molecule has 41 heavy (non-hydrogen) atoms. The number of aromatic nitrogens is 2. The summed E-state index contributed by atoms with van der Waals surface area (Å²) < 4.78 is 16.8. The molecule has 2 aromatic rings. The minimum atomic E-state index is -0.886. The van der Waals surface area contributed by atoms with Gasteiger partial charge in [-0.3, -0.25) is 14.5 Å². The maximum Gasteiger partial charge on any atom is 0.308 e. The first kappa shape index (κ1) is 30.5. The molecule has 1 aromatic carbocycles. The second-order valence-corrected chi connectivity index (χ2v) is 11.1. The Morgan fingerprint density at radius 1 is 1.17 bits per heavy atom. The Labute approximate surface area is 242 Å². The van der Waals surface area contributed by atoms with Gasteiger partial charge in [0.25, 0.3) is 0 Å². The fraction of sp³-hybridized carbons (Fsp3) is 0.600. The number of carbonyl (C=O) groups is 2. The number of carboxylic acids is 1. The molecule has 1 aromatic heterocycles. The van der Waals surface area contributed by atoms with Crippen molar-refractivity contribution in [1.29, 1.82) is 0 Å². The Hall–Kier alpha value is -3.44. The van der Waals surface area contributed by atoms with Crippen LogP contribution in [0.25, 0.3) is 0 Å². The van der Waals surface area contributed by atoms with Crippen LogP contribution < -0.4 is 14.2 Å². The number of carboxylic acid groups (broad SMARTS) is 1. The summed E-state index contributed by atoms with van der Waals surface area (Å²) in [7, 11) is 5.62. The second-order valence-electron chi connectivity index (χ2n) is 11.1. The average Bonchev–Trinajstić information content (AvgIpc) is 3.58. The maximum atomic E-state index is 13.7. The van der Waals surface area contributed by atoms with Gasteiger partial charge in [0, 0.05) is 43.5 Å². The number of amides is 1. The number of methoxy groups -OCH3 is 1. The van der Waals surface area contributed by atoms with Crippen molar-refractivity contribution in [2.75, 3.05) is 60.7 Å². The largest absolute Gasteiger partial charge is 0.493 e. The van der Waals surface area contributed by atoms with Gasteiger partial charge in [0.15, 0.2) is 11.5 Å². The molecule has 1 fully saturated rings. The fourth-order valence-corrected chi connectivity index (χ4v) is 5.88. The molecular weight excluding hydrogens is 526 g/mol. The number of likely N-dealkylation sites (tertiary alicyclic amines) is 1. The van der Waals surface area contributed by atoms with E-state index in [1.165, 1.54) is 6.33 Å². The maximum absolute atomic E-state index is 13.7. The zero-order chi connectivity index (χ0) is 29.4. The van der Waals surface area contributed by atoms with Crippen molar-refractivity contribution < 1.29 is 28.9 Å². The van der Waals surface area contributed by atoms with Crippen molar-refractivity contribution in [2.24, 2.45) is 5.92 Å².